The van der Waals surface area contributed by atoms with Gasteiger partial charge in [0.15, 0.2) is 0 Å². The monoisotopic (exact) mass is 435 g/mol. The Bertz CT molecular complexity index is 810. The van der Waals surface area contributed by atoms with Gasteiger partial charge in [-0.15, -0.1) is 0 Å². The maximum absolute atomic E-state index is 5.40. The summed E-state index contributed by atoms with van der Waals surface area (Å²) in [4.78, 5) is 17.3. The molecule has 1 aromatic heterocycles. The Balaban J connectivity index is 1.81. The van der Waals surface area contributed by atoms with E-state index in [9.17, 15) is 0 Å². The minimum absolute atomic E-state index is 0.375. The van der Waals surface area contributed by atoms with Gasteiger partial charge in [0.05, 0.1) is 26.5 Å². The fraction of sp³-hybridized carbons (Fsp3) is 0.412. The van der Waals surface area contributed by atoms with Crippen LogP contribution in [0.2, 0.25) is 0 Å². The van der Waals surface area contributed by atoms with Gasteiger partial charge in [-0.2, -0.15) is 20.1 Å². The first-order valence-corrected chi connectivity index (χ1v) is 9.25. The van der Waals surface area contributed by atoms with Crippen molar-refractivity contribution in [1.29, 1.82) is 0 Å². The normalized spacial score (nSPS) is 14.4. The fourth-order valence-electron chi connectivity index (χ4n) is 2.47. The van der Waals surface area contributed by atoms with E-state index in [-0.39, 0.29) is 0 Å². The molecule has 3 rings (SSSR count). The highest BCUT2D eigenvalue weighted by molar-refractivity contribution is 9.10. The van der Waals surface area contributed by atoms with Crippen molar-refractivity contribution < 1.29 is 9.47 Å². The van der Waals surface area contributed by atoms with E-state index in [1.54, 1.807) is 13.3 Å². The highest BCUT2D eigenvalue weighted by Gasteiger charge is 2.17. The molecule has 1 aromatic carbocycles. The van der Waals surface area contributed by atoms with Gasteiger partial charge in [0.25, 0.3) is 0 Å². The van der Waals surface area contributed by atoms with Crippen LogP contribution in [-0.4, -0.2) is 68.7 Å². The molecule has 1 aliphatic heterocycles. The second-order valence-corrected chi connectivity index (χ2v) is 6.92. The van der Waals surface area contributed by atoms with Crippen molar-refractivity contribution >= 4 is 40.0 Å². The van der Waals surface area contributed by atoms with Crippen LogP contribution in [0.25, 0.3) is 0 Å². The van der Waals surface area contributed by atoms with Crippen molar-refractivity contribution in [3.8, 4) is 5.75 Å². The van der Waals surface area contributed by atoms with Gasteiger partial charge in [-0.05, 0) is 18.2 Å². The summed E-state index contributed by atoms with van der Waals surface area (Å²) >= 11 is 3.45. The number of hydrazone groups is 1. The molecule has 0 aliphatic carbocycles. The molecule has 1 fully saturated rings. The molecule has 9 nitrogen and oxygen atoms in total. The summed E-state index contributed by atoms with van der Waals surface area (Å²) < 4.78 is 11.7. The lowest BCUT2D eigenvalue weighted by Crippen LogP contribution is -2.37. The van der Waals surface area contributed by atoms with Crippen LogP contribution in [0.1, 0.15) is 5.56 Å². The van der Waals surface area contributed by atoms with Crippen LogP contribution < -0.4 is 20.0 Å². The van der Waals surface area contributed by atoms with E-state index in [0.717, 1.165) is 28.9 Å². The molecular formula is C17H22BrN7O2. The van der Waals surface area contributed by atoms with Crippen LogP contribution in [0.5, 0.6) is 5.75 Å². The molecule has 0 atom stereocenters. The predicted molar refractivity (Wildman–Crippen MR) is 109 cm³/mol. The molecule has 0 bridgehead atoms. The molecule has 0 radical (unpaired) electrons. The number of benzene rings is 1. The molecule has 10 heteroatoms. The summed E-state index contributed by atoms with van der Waals surface area (Å²) in [5, 5.41) is 4.26. The zero-order valence-corrected chi connectivity index (χ0v) is 17.1. The number of anilines is 3. The molecule has 1 aliphatic rings. The van der Waals surface area contributed by atoms with Gasteiger partial charge in [-0.3, -0.25) is 0 Å². The number of ether oxygens (including phenoxy) is 2. The summed E-state index contributed by atoms with van der Waals surface area (Å²) in [7, 11) is 5.40. The van der Waals surface area contributed by atoms with Crippen molar-refractivity contribution in [2.24, 2.45) is 5.10 Å². The Hall–Kier alpha value is -2.46. The van der Waals surface area contributed by atoms with E-state index in [1.807, 2.05) is 37.2 Å². The van der Waals surface area contributed by atoms with Gasteiger partial charge in [0.1, 0.15) is 5.75 Å². The largest absolute Gasteiger partial charge is 0.496 e. The second kappa shape index (κ2) is 8.96. The van der Waals surface area contributed by atoms with Crippen molar-refractivity contribution in [3.63, 3.8) is 0 Å². The Morgan fingerprint density at radius 3 is 2.74 bits per heavy atom. The molecular weight excluding hydrogens is 414 g/mol. The summed E-state index contributed by atoms with van der Waals surface area (Å²) in [6, 6.07) is 5.70. The van der Waals surface area contributed by atoms with Gasteiger partial charge in [0.2, 0.25) is 17.8 Å². The molecule has 1 saturated heterocycles. The lowest BCUT2D eigenvalue weighted by atomic mass is 10.2. The lowest BCUT2D eigenvalue weighted by Gasteiger charge is -2.27. The molecule has 0 unspecified atom stereocenters. The first kappa shape index (κ1) is 19.3. The van der Waals surface area contributed by atoms with Crippen molar-refractivity contribution in [1.82, 2.24) is 15.0 Å². The predicted octanol–water partition coefficient (Wildman–Crippen LogP) is 1.99. The number of hydrogen-bond donors (Lipinski definition) is 1. The first-order chi connectivity index (χ1) is 13.1. The summed E-state index contributed by atoms with van der Waals surface area (Å²) in [5.41, 5.74) is 3.72. The quantitative estimate of drug-likeness (QED) is 0.544. The van der Waals surface area contributed by atoms with Gasteiger partial charge in [-0.25, -0.2) is 5.43 Å². The number of rotatable bonds is 6. The highest BCUT2D eigenvalue weighted by Crippen LogP contribution is 2.21. The smallest absolute Gasteiger partial charge is 0.250 e. The molecule has 27 heavy (non-hydrogen) atoms. The molecule has 1 N–H and O–H groups in total. The minimum Gasteiger partial charge on any atom is -0.496 e. The van der Waals surface area contributed by atoms with Gasteiger partial charge < -0.3 is 19.3 Å². The van der Waals surface area contributed by atoms with Crippen LogP contribution in [0, 0.1) is 0 Å². The number of aromatic nitrogens is 3. The van der Waals surface area contributed by atoms with Crippen molar-refractivity contribution in [2.75, 3.05) is 62.7 Å². The third-order valence-electron chi connectivity index (χ3n) is 3.87. The number of nitrogens with one attached hydrogen (secondary N) is 1. The fourth-order valence-corrected chi connectivity index (χ4v) is 2.85. The van der Waals surface area contributed by atoms with E-state index in [1.165, 1.54) is 0 Å². The third kappa shape index (κ3) is 5.04. The number of nitrogens with zero attached hydrogens (tertiary/aromatic N) is 6. The third-order valence-corrected chi connectivity index (χ3v) is 4.36. The van der Waals surface area contributed by atoms with Crippen LogP contribution >= 0.6 is 15.9 Å². The Morgan fingerprint density at radius 1 is 1.26 bits per heavy atom. The topological polar surface area (TPSA) is 88.0 Å². The minimum atomic E-state index is 0.375. The average Bonchev–Trinajstić information content (AvgIpc) is 2.68. The standard InChI is InChI=1S/C17H22BrN7O2/c1-24(2)16-20-15(21-17(22-16)25-6-8-27-9-7-25)23-19-11-12-10-13(18)4-5-14(12)26-3/h4-5,10-11H,6-9H2,1-3H3,(H,20,21,22,23)/b19-11+. The summed E-state index contributed by atoms with van der Waals surface area (Å²) in [6.45, 7) is 2.81. The zero-order chi connectivity index (χ0) is 19.2. The van der Waals surface area contributed by atoms with E-state index < -0.39 is 0 Å². The maximum Gasteiger partial charge on any atom is 0.250 e. The van der Waals surface area contributed by atoms with E-state index in [2.05, 4.69) is 46.3 Å². The van der Waals surface area contributed by atoms with Crippen LogP contribution in [0.15, 0.2) is 27.8 Å². The molecule has 0 saturated carbocycles. The zero-order valence-electron chi connectivity index (χ0n) is 15.5. The first-order valence-electron chi connectivity index (χ1n) is 8.45. The molecule has 2 aromatic rings. The SMILES string of the molecule is COc1ccc(Br)cc1/C=N/Nc1nc(N(C)C)nc(N2CCOCC2)n1. The molecule has 0 spiro atoms. The van der Waals surface area contributed by atoms with E-state index in [0.29, 0.717) is 31.1 Å². The lowest BCUT2D eigenvalue weighted by molar-refractivity contribution is 0.122. The highest BCUT2D eigenvalue weighted by atomic mass is 79.9. The number of hydrogen-bond acceptors (Lipinski definition) is 9. The molecule has 2 heterocycles. The van der Waals surface area contributed by atoms with E-state index >= 15 is 0 Å². The van der Waals surface area contributed by atoms with Gasteiger partial charge in [-0.1, -0.05) is 15.9 Å². The van der Waals surface area contributed by atoms with Crippen molar-refractivity contribution in [3.05, 3.63) is 28.2 Å². The van der Waals surface area contributed by atoms with Gasteiger partial charge in [0, 0.05) is 37.2 Å². The van der Waals surface area contributed by atoms with Gasteiger partial charge >= 0.3 is 0 Å². The van der Waals surface area contributed by atoms with Crippen LogP contribution in [0.4, 0.5) is 17.8 Å². The molecule has 144 valence electrons. The Morgan fingerprint density at radius 2 is 2.04 bits per heavy atom. The van der Waals surface area contributed by atoms with Crippen molar-refractivity contribution in [2.45, 2.75) is 0 Å². The Kier molecular flexibility index (Phi) is 6.40. The van der Waals surface area contributed by atoms with E-state index in [4.69, 9.17) is 9.47 Å². The molecule has 0 amide bonds. The average molecular weight is 436 g/mol. The Labute approximate surface area is 166 Å². The summed E-state index contributed by atoms with van der Waals surface area (Å²) in [6.07, 6.45) is 1.66. The summed E-state index contributed by atoms with van der Waals surface area (Å²) in [5.74, 6) is 2.27. The maximum atomic E-state index is 5.40. The number of methoxy groups -OCH3 is 1. The van der Waals surface area contributed by atoms with Crippen LogP contribution in [0.3, 0.4) is 0 Å². The second-order valence-electron chi connectivity index (χ2n) is 6.01. The number of morpholine rings is 1. The van der Waals surface area contributed by atoms with Crippen LogP contribution in [-0.2, 0) is 4.74 Å². The number of halogens is 1.